The molecular formula is C26H29N3O6. The molecular weight excluding hydrogens is 450 g/mol. The molecule has 1 heterocycles. The Morgan fingerprint density at radius 2 is 1.83 bits per heavy atom. The summed E-state index contributed by atoms with van der Waals surface area (Å²) < 4.78 is 6.34. The van der Waals surface area contributed by atoms with E-state index in [0.29, 0.717) is 30.7 Å². The molecule has 0 radical (unpaired) electrons. The van der Waals surface area contributed by atoms with Crippen molar-refractivity contribution in [2.75, 3.05) is 19.8 Å². The molecule has 3 aromatic rings. The first-order chi connectivity index (χ1) is 16.9. The van der Waals surface area contributed by atoms with Crippen LogP contribution in [0, 0.1) is 0 Å². The summed E-state index contributed by atoms with van der Waals surface area (Å²) in [5.74, 6) is -0.612. The molecule has 35 heavy (non-hydrogen) atoms. The second kappa shape index (κ2) is 12.6. The molecule has 1 atom stereocenters. The number of carbonyl (C=O) groups excluding carboxylic acids is 2. The third kappa shape index (κ3) is 7.59. The van der Waals surface area contributed by atoms with Crippen LogP contribution in [0.3, 0.4) is 0 Å². The Morgan fingerprint density at radius 1 is 1.09 bits per heavy atom. The van der Waals surface area contributed by atoms with Crippen LogP contribution in [0.25, 0.3) is 11.3 Å². The molecule has 3 rings (SSSR count). The maximum atomic E-state index is 12.4. The molecule has 0 fully saturated rings. The van der Waals surface area contributed by atoms with Crippen LogP contribution in [0.2, 0.25) is 0 Å². The van der Waals surface area contributed by atoms with Gasteiger partial charge in [-0.05, 0) is 42.7 Å². The number of hydrogen-bond donors (Lipinski definition) is 3. The fourth-order valence-electron chi connectivity index (χ4n) is 3.42. The van der Waals surface area contributed by atoms with Gasteiger partial charge in [-0.2, -0.15) is 5.10 Å². The fourth-order valence-corrected chi connectivity index (χ4v) is 3.42. The minimum absolute atomic E-state index is 0.0480. The smallest absolute Gasteiger partial charge is 0.306 e. The molecule has 184 valence electrons. The van der Waals surface area contributed by atoms with E-state index < -0.39 is 12.7 Å². The standard InChI is InChI=1S/C26H29N3O6/c1-2-35-25(33)13-6-18-4-3-5-19(14-18)16-29-24(32)12-11-23(28-29)20-7-9-21(10-8-20)26(34)27-15-22(31)17-30/h3-5,7-12,14,22,30-31H,2,6,13,15-17H2,1H3,(H,27,34). The summed E-state index contributed by atoms with van der Waals surface area (Å²) in [4.78, 5) is 36.2. The van der Waals surface area contributed by atoms with Crippen molar-refractivity contribution in [3.63, 3.8) is 0 Å². The van der Waals surface area contributed by atoms with Crippen LogP contribution in [0.4, 0.5) is 0 Å². The summed E-state index contributed by atoms with van der Waals surface area (Å²) in [6.07, 6.45) is -0.170. The lowest BCUT2D eigenvalue weighted by atomic mass is 10.1. The molecule has 9 nitrogen and oxygen atoms in total. The molecule has 0 spiro atoms. The Kier molecular flexibility index (Phi) is 9.28. The van der Waals surface area contributed by atoms with Gasteiger partial charge in [0, 0.05) is 30.2 Å². The highest BCUT2D eigenvalue weighted by atomic mass is 16.5. The van der Waals surface area contributed by atoms with E-state index >= 15 is 0 Å². The van der Waals surface area contributed by atoms with Crippen LogP contribution >= 0.6 is 0 Å². The van der Waals surface area contributed by atoms with Gasteiger partial charge in [0.25, 0.3) is 11.5 Å². The number of aryl methyl sites for hydroxylation is 1. The van der Waals surface area contributed by atoms with Crippen molar-refractivity contribution in [1.82, 2.24) is 15.1 Å². The Morgan fingerprint density at radius 3 is 2.54 bits per heavy atom. The monoisotopic (exact) mass is 479 g/mol. The number of esters is 1. The predicted molar refractivity (Wildman–Crippen MR) is 130 cm³/mol. The Labute approximate surface area is 203 Å². The summed E-state index contributed by atoms with van der Waals surface area (Å²) in [7, 11) is 0. The van der Waals surface area contributed by atoms with Gasteiger partial charge in [0.15, 0.2) is 0 Å². The quantitative estimate of drug-likeness (QED) is 0.356. The van der Waals surface area contributed by atoms with Crippen LogP contribution in [0.1, 0.15) is 34.8 Å². The normalized spacial score (nSPS) is 11.6. The van der Waals surface area contributed by atoms with Gasteiger partial charge in [-0.3, -0.25) is 14.4 Å². The van der Waals surface area contributed by atoms with Crippen molar-refractivity contribution < 1.29 is 24.5 Å². The number of aliphatic hydroxyl groups is 2. The first kappa shape index (κ1) is 25.8. The lowest BCUT2D eigenvalue weighted by molar-refractivity contribution is -0.143. The number of hydrogen-bond acceptors (Lipinski definition) is 7. The zero-order chi connectivity index (χ0) is 25.2. The average molecular weight is 480 g/mol. The van der Waals surface area contributed by atoms with Crippen molar-refractivity contribution >= 4 is 11.9 Å². The van der Waals surface area contributed by atoms with Crippen molar-refractivity contribution in [1.29, 1.82) is 0 Å². The van der Waals surface area contributed by atoms with Gasteiger partial charge in [0.2, 0.25) is 0 Å². The van der Waals surface area contributed by atoms with Crippen molar-refractivity contribution in [3.05, 3.63) is 87.7 Å². The van der Waals surface area contributed by atoms with E-state index in [1.54, 1.807) is 37.3 Å². The maximum Gasteiger partial charge on any atom is 0.306 e. The zero-order valence-corrected chi connectivity index (χ0v) is 19.5. The van der Waals surface area contributed by atoms with Crippen molar-refractivity contribution in [2.24, 2.45) is 0 Å². The predicted octanol–water partition coefficient (Wildman–Crippen LogP) is 1.54. The Bertz CT molecular complexity index is 1210. The Hall–Kier alpha value is -3.82. The molecule has 0 aliphatic rings. The van der Waals surface area contributed by atoms with Gasteiger partial charge in [-0.15, -0.1) is 0 Å². The molecule has 1 amide bonds. The highest BCUT2D eigenvalue weighted by Crippen LogP contribution is 2.17. The second-order valence-corrected chi connectivity index (χ2v) is 7.96. The van der Waals surface area contributed by atoms with Crippen LogP contribution < -0.4 is 10.9 Å². The summed E-state index contributed by atoms with van der Waals surface area (Å²) in [5.41, 5.74) is 3.31. The highest BCUT2D eigenvalue weighted by Gasteiger charge is 2.10. The number of nitrogens with one attached hydrogen (secondary N) is 1. The van der Waals surface area contributed by atoms with Gasteiger partial charge in [-0.1, -0.05) is 36.4 Å². The largest absolute Gasteiger partial charge is 0.466 e. The number of amides is 1. The number of aromatic nitrogens is 2. The lowest BCUT2D eigenvalue weighted by Gasteiger charge is -2.10. The van der Waals surface area contributed by atoms with Gasteiger partial charge in [0.1, 0.15) is 0 Å². The van der Waals surface area contributed by atoms with Crippen molar-refractivity contribution in [2.45, 2.75) is 32.4 Å². The summed E-state index contributed by atoms with van der Waals surface area (Å²) >= 11 is 0. The zero-order valence-electron chi connectivity index (χ0n) is 19.5. The third-order valence-corrected chi connectivity index (χ3v) is 5.27. The van der Waals surface area contributed by atoms with Gasteiger partial charge < -0.3 is 20.3 Å². The average Bonchev–Trinajstić information content (AvgIpc) is 2.87. The summed E-state index contributed by atoms with van der Waals surface area (Å²) in [6, 6.07) is 17.4. The minimum Gasteiger partial charge on any atom is -0.466 e. The van der Waals surface area contributed by atoms with E-state index in [1.807, 2.05) is 24.3 Å². The van der Waals surface area contributed by atoms with Crippen molar-refractivity contribution in [3.8, 4) is 11.3 Å². The molecule has 0 bridgehead atoms. The van der Waals surface area contributed by atoms with Crippen LogP contribution in [0.15, 0.2) is 65.5 Å². The van der Waals surface area contributed by atoms with E-state index in [-0.39, 0.29) is 30.5 Å². The van der Waals surface area contributed by atoms with Crippen LogP contribution in [-0.4, -0.2) is 57.7 Å². The van der Waals surface area contributed by atoms with Crippen LogP contribution in [0.5, 0.6) is 0 Å². The summed E-state index contributed by atoms with van der Waals surface area (Å²) in [6.45, 7) is 1.92. The molecule has 0 saturated carbocycles. The van der Waals surface area contributed by atoms with E-state index in [1.165, 1.54) is 10.7 Å². The fraction of sp³-hybridized carbons (Fsp3) is 0.308. The SMILES string of the molecule is CCOC(=O)CCc1cccc(Cn2nc(-c3ccc(C(=O)NCC(O)CO)cc3)ccc2=O)c1. The topological polar surface area (TPSA) is 131 Å². The molecule has 0 aliphatic heterocycles. The van der Waals surface area contributed by atoms with Gasteiger partial charge in [-0.25, -0.2) is 4.68 Å². The molecule has 2 aromatic carbocycles. The Balaban J connectivity index is 1.70. The van der Waals surface area contributed by atoms with Gasteiger partial charge in [0.05, 0.1) is 31.6 Å². The van der Waals surface area contributed by atoms with Gasteiger partial charge >= 0.3 is 5.97 Å². The first-order valence-electron chi connectivity index (χ1n) is 11.4. The molecule has 1 unspecified atom stereocenters. The molecule has 0 aliphatic carbocycles. The number of benzene rings is 2. The molecule has 1 aromatic heterocycles. The number of rotatable bonds is 11. The highest BCUT2D eigenvalue weighted by molar-refractivity contribution is 5.94. The van der Waals surface area contributed by atoms with E-state index in [2.05, 4.69) is 10.4 Å². The van der Waals surface area contributed by atoms with E-state index in [0.717, 1.165) is 16.7 Å². The molecule has 3 N–H and O–H groups in total. The van der Waals surface area contributed by atoms with E-state index in [4.69, 9.17) is 9.84 Å². The number of ether oxygens (including phenoxy) is 1. The first-order valence-corrected chi connectivity index (χ1v) is 11.4. The molecule has 0 saturated heterocycles. The molecule has 9 heteroatoms. The lowest BCUT2D eigenvalue weighted by Crippen LogP contribution is -2.33. The number of carbonyl (C=O) groups is 2. The van der Waals surface area contributed by atoms with Crippen LogP contribution in [-0.2, 0) is 22.5 Å². The van der Waals surface area contributed by atoms with E-state index in [9.17, 15) is 19.5 Å². The number of nitrogens with zero attached hydrogens (tertiary/aromatic N) is 2. The maximum absolute atomic E-state index is 12.4. The third-order valence-electron chi connectivity index (χ3n) is 5.27. The summed E-state index contributed by atoms with van der Waals surface area (Å²) in [5, 5.41) is 25.2. The minimum atomic E-state index is -1.01. The second-order valence-electron chi connectivity index (χ2n) is 7.96. The number of aliphatic hydroxyl groups excluding tert-OH is 2.